The van der Waals surface area contributed by atoms with E-state index in [1.807, 2.05) is 49.5 Å². The number of ether oxygens (including phenoxy) is 2. The molecule has 0 aliphatic rings. The fourth-order valence-electron chi connectivity index (χ4n) is 4.22. The highest BCUT2D eigenvalue weighted by atomic mass is 31.2. The highest BCUT2D eigenvalue weighted by Gasteiger charge is 2.22. The summed E-state index contributed by atoms with van der Waals surface area (Å²) >= 11 is 0. The van der Waals surface area contributed by atoms with Gasteiger partial charge in [0.05, 0.1) is 12.7 Å². The summed E-state index contributed by atoms with van der Waals surface area (Å²) in [5.41, 5.74) is 0. The molecule has 0 radical (unpaired) electrons. The van der Waals surface area contributed by atoms with Gasteiger partial charge in [-0.25, -0.2) is 4.57 Å². The standard InChI is InChI=1S/C43H65O9P/c1-3-5-6-7-8-9-10-11-12-13-14-18-21-24-27-30-33-36-42(45)50-38-41(39-51-53(47,48)49)52-43(46)37-34-31-28-25-22-19-16-15-17-20-23-26-29-32-35-40(44)4-2/h5-6,8-9,11-12,14,16-20,24-29,32,35,40-41,44H,3-4,7,10,13,15,21-23,30-31,33-34,36-39H2,1-2H3,(H2,47,48,49)/b6-5-,9-8-,12-11-,18-14-,19-16-,20-17-,27-24-,28-25-,29-26-,35-32+/t40-,41-/m1/s1. The summed E-state index contributed by atoms with van der Waals surface area (Å²) in [6.45, 7) is 3.11. The van der Waals surface area contributed by atoms with Gasteiger partial charge in [0.25, 0.3) is 0 Å². The topological polar surface area (TPSA) is 140 Å². The second-order valence-corrected chi connectivity index (χ2v) is 13.2. The lowest BCUT2D eigenvalue weighted by Crippen LogP contribution is -2.29. The van der Waals surface area contributed by atoms with Gasteiger partial charge in [0.2, 0.25) is 0 Å². The van der Waals surface area contributed by atoms with E-state index in [4.69, 9.17) is 19.3 Å². The summed E-state index contributed by atoms with van der Waals surface area (Å²) in [7, 11) is -4.80. The molecule has 53 heavy (non-hydrogen) atoms. The van der Waals surface area contributed by atoms with Crippen molar-refractivity contribution in [1.29, 1.82) is 0 Å². The molecule has 0 spiro atoms. The maximum Gasteiger partial charge on any atom is 0.469 e. The number of hydrogen-bond donors (Lipinski definition) is 3. The smallest absolute Gasteiger partial charge is 0.462 e. The van der Waals surface area contributed by atoms with Crippen molar-refractivity contribution < 1.29 is 43.0 Å². The van der Waals surface area contributed by atoms with E-state index in [9.17, 15) is 19.3 Å². The van der Waals surface area contributed by atoms with Gasteiger partial charge in [-0.05, 0) is 83.5 Å². The van der Waals surface area contributed by atoms with Crippen molar-refractivity contribution >= 4 is 19.8 Å². The number of aliphatic hydroxyl groups excluding tert-OH is 1. The van der Waals surface area contributed by atoms with Gasteiger partial charge in [0.1, 0.15) is 6.61 Å². The Bertz CT molecular complexity index is 1280. The Morgan fingerprint density at radius 3 is 1.47 bits per heavy atom. The van der Waals surface area contributed by atoms with Gasteiger partial charge in [-0.2, -0.15) is 0 Å². The summed E-state index contributed by atoms with van der Waals surface area (Å²) in [6.07, 6.45) is 50.2. The lowest BCUT2D eigenvalue weighted by Gasteiger charge is -2.18. The van der Waals surface area contributed by atoms with Crippen molar-refractivity contribution in [3.05, 3.63) is 122 Å². The number of esters is 2. The van der Waals surface area contributed by atoms with E-state index in [0.29, 0.717) is 32.1 Å². The lowest BCUT2D eigenvalue weighted by molar-refractivity contribution is -0.161. The zero-order chi connectivity index (χ0) is 39.1. The fraction of sp³-hybridized carbons (Fsp3) is 0.488. The van der Waals surface area contributed by atoms with Crippen LogP contribution in [0.3, 0.4) is 0 Å². The number of carbonyl (C=O) groups excluding carboxylic acids is 2. The van der Waals surface area contributed by atoms with Crippen LogP contribution in [0.25, 0.3) is 0 Å². The van der Waals surface area contributed by atoms with Crippen LogP contribution in [0.2, 0.25) is 0 Å². The second-order valence-electron chi connectivity index (χ2n) is 12.0. The molecular formula is C43H65O9P. The van der Waals surface area contributed by atoms with E-state index >= 15 is 0 Å². The molecule has 0 bridgehead atoms. The van der Waals surface area contributed by atoms with Gasteiger partial charge in [-0.15, -0.1) is 0 Å². The minimum atomic E-state index is -4.80. The van der Waals surface area contributed by atoms with Crippen molar-refractivity contribution in [3.8, 4) is 0 Å². The zero-order valence-electron chi connectivity index (χ0n) is 32.0. The Kier molecular flexibility index (Phi) is 34.3. The fourth-order valence-corrected chi connectivity index (χ4v) is 4.58. The molecule has 0 amide bonds. The molecule has 0 unspecified atom stereocenters. The lowest BCUT2D eigenvalue weighted by atomic mass is 10.2. The van der Waals surface area contributed by atoms with E-state index in [1.165, 1.54) is 0 Å². The van der Waals surface area contributed by atoms with Crippen LogP contribution in [0.4, 0.5) is 0 Å². The number of hydrogen-bond acceptors (Lipinski definition) is 7. The molecule has 0 rings (SSSR count). The number of aliphatic hydroxyl groups is 1. The van der Waals surface area contributed by atoms with Crippen LogP contribution in [-0.2, 0) is 28.2 Å². The number of phosphoric ester groups is 1. The third-order valence-corrected chi connectivity index (χ3v) is 7.62. The molecule has 0 aliphatic heterocycles. The second kappa shape index (κ2) is 36.8. The Morgan fingerprint density at radius 1 is 0.585 bits per heavy atom. The van der Waals surface area contributed by atoms with E-state index in [-0.39, 0.29) is 25.6 Å². The van der Waals surface area contributed by atoms with Crippen molar-refractivity contribution in [2.45, 2.75) is 122 Å². The van der Waals surface area contributed by atoms with Crippen LogP contribution in [0.15, 0.2) is 122 Å². The van der Waals surface area contributed by atoms with E-state index in [2.05, 4.69) is 84.4 Å². The largest absolute Gasteiger partial charge is 0.469 e. The molecule has 0 heterocycles. The quantitative estimate of drug-likeness (QED) is 0.0201. The SMILES string of the molecule is CC/C=C\C/C=C\C/C=C\C/C=C\C/C=C\CCCC(=O)OC[C@H](COP(=O)(O)O)OC(=O)CCC/C=C\C/C=C\C/C=C\C/C=C\C=C\[C@H](O)CC. The molecule has 0 saturated heterocycles. The Balaban J connectivity index is 4.23. The van der Waals surface area contributed by atoms with Gasteiger partial charge in [-0.1, -0.05) is 135 Å². The molecule has 0 aromatic heterocycles. The monoisotopic (exact) mass is 756 g/mol. The highest BCUT2D eigenvalue weighted by molar-refractivity contribution is 7.46. The minimum absolute atomic E-state index is 0.0992. The predicted molar refractivity (Wildman–Crippen MR) is 217 cm³/mol. The molecule has 296 valence electrons. The van der Waals surface area contributed by atoms with Crippen molar-refractivity contribution in [2.24, 2.45) is 0 Å². The van der Waals surface area contributed by atoms with Crippen molar-refractivity contribution in [3.63, 3.8) is 0 Å². The Labute approximate surface area is 319 Å². The molecule has 3 N–H and O–H groups in total. The minimum Gasteiger partial charge on any atom is -0.462 e. The first-order valence-electron chi connectivity index (χ1n) is 18.9. The van der Waals surface area contributed by atoms with Crippen molar-refractivity contribution in [1.82, 2.24) is 0 Å². The molecular weight excluding hydrogens is 691 g/mol. The number of unbranched alkanes of at least 4 members (excludes halogenated alkanes) is 2. The average molecular weight is 757 g/mol. The van der Waals surface area contributed by atoms with Crippen LogP contribution in [0.5, 0.6) is 0 Å². The number of phosphoric acid groups is 1. The summed E-state index contributed by atoms with van der Waals surface area (Å²) in [5, 5.41) is 9.45. The Hall–Kier alpha value is -3.59. The van der Waals surface area contributed by atoms with Crippen LogP contribution < -0.4 is 0 Å². The van der Waals surface area contributed by atoms with E-state index in [1.54, 1.807) is 6.08 Å². The van der Waals surface area contributed by atoms with Crippen LogP contribution in [-0.4, -0.2) is 52.3 Å². The summed E-state index contributed by atoms with van der Waals surface area (Å²) in [6, 6.07) is 0. The van der Waals surface area contributed by atoms with Gasteiger partial charge < -0.3 is 24.4 Å². The Morgan fingerprint density at radius 2 is 1.02 bits per heavy atom. The number of allylic oxidation sites excluding steroid dienone is 19. The molecule has 10 heteroatoms. The molecule has 2 atom stereocenters. The van der Waals surface area contributed by atoms with Crippen molar-refractivity contribution in [2.75, 3.05) is 13.2 Å². The molecule has 9 nitrogen and oxygen atoms in total. The van der Waals surface area contributed by atoms with E-state index < -0.39 is 32.5 Å². The molecule has 0 aliphatic carbocycles. The molecule has 0 aromatic carbocycles. The summed E-state index contributed by atoms with van der Waals surface area (Å²) in [4.78, 5) is 42.7. The first-order valence-corrected chi connectivity index (χ1v) is 20.5. The van der Waals surface area contributed by atoms with Gasteiger partial charge in [0.15, 0.2) is 6.10 Å². The predicted octanol–water partition coefficient (Wildman–Crippen LogP) is 10.4. The average Bonchev–Trinajstić information content (AvgIpc) is 3.13. The first kappa shape index (κ1) is 49.4. The number of carbonyl (C=O) groups is 2. The van der Waals surface area contributed by atoms with Gasteiger partial charge in [-0.3, -0.25) is 14.1 Å². The zero-order valence-corrected chi connectivity index (χ0v) is 32.9. The number of rotatable bonds is 32. The normalized spacial score (nSPS) is 14.4. The van der Waals surface area contributed by atoms with Crippen LogP contribution in [0.1, 0.15) is 110 Å². The third kappa shape index (κ3) is 39.5. The highest BCUT2D eigenvalue weighted by Crippen LogP contribution is 2.35. The summed E-state index contributed by atoms with van der Waals surface area (Å²) < 4.78 is 26.2. The molecule has 0 aromatic rings. The van der Waals surface area contributed by atoms with Gasteiger partial charge >= 0.3 is 19.8 Å². The van der Waals surface area contributed by atoms with Gasteiger partial charge in [0, 0.05) is 12.8 Å². The maximum absolute atomic E-state index is 12.4. The first-order chi connectivity index (χ1) is 25.7. The molecule has 0 saturated carbocycles. The summed E-state index contributed by atoms with van der Waals surface area (Å²) in [5.74, 6) is -1.06. The maximum atomic E-state index is 12.4. The van der Waals surface area contributed by atoms with Crippen LogP contribution in [0, 0.1) is 0 Å². The third-order valence-electron chi connectivity index (χ3n) is 7.13. The van der Waals surface area contributed by atoms with Crippen LogP contribution >= 0.6 is 7.82 Å². The molecule has 0 fully saturated rings. The van der Waals surface area contributed by atoms with E-state index in [0.717, 1.165) is 51.4 Å².